The standard InChI is InChI=1S/C22H23ClN4O2S/c1-27-21(15-9-11-19(12-10-15)29-18-7-2-3-8-18)25-26-22(27)30-14-20(28)24-17-6-4-5-16(23)13-17/h4-6,9-13,18H,2-3,7-8,14H2,1H3,(H,24,28). The molecule has 30 heavy (non-hydrogen) atoms. The van der Waals surface area contributed by atoms with Gasteiger partial charge in [0.2, 0.25) is 5.91 Å². The van der Waals surface area contributed by atoms with Crippen LogP contribution in [-0.4, -0.2) is 32.5 Å². The fraction of sp³-hybridized carbons (Fsp3) is 0.318. The maximum atomic E-state index is 12.2. The highest BCUT2D eigenvalue weighted by Gasteiger charge is 2.17. The number of nitrogens with zero attached hydrogens (tertiary/aromatic N) is 3. The molecule has 1 N–H and O–H groups in total. The van der Waals surface area contributed by atoms with E-state index in [9.17, 15) is 4.79 Å². The Morgan fingerprint density at radius 1 is 1.20 bits per heavy atom. The normalized spacial score (nSPS) is 14.1. The monoisotopic (exact) mass is 442 g/mol. The highest BCUT2D eigenvalue weighted by atomic mass is 35.5. The number of amides is 1. The third-order valence-corrected chi connectivity index (χ3v) is 6.25. The molecule has 1 aromatic heterocycles. The van der Waals surface area contributed by atoms with Crippen LogP contribution < -0.4 is 10.1 Å². The molecular formula is C22H23ClN4O2S. The maximum Gasteiger partial charge on any atom is 0.234 e. The minimum atomic E-state index is -0.125. The summed E-state index contributed by atoms with van der Waals surface area (Å²) in [5.41, 5.74) is 1.63. The van der Waals surface area contributed by atoms with Crippen molar-refractivity contribution in [3.8, 4) is 17.1 Å². The molecule has 0 atom stereocenters. The molecule has 1 heterocycles. The van der Waals surface area contributed by atoms with Gasteiger partial charge in [0, 0.05) is 23.3 Å². The molecule has 1 amide bonds. The number of hydrogen-bond donors (Lipinski definition) is 1. The highest BCUT2D eigenvalue weighted by molar-refractivity contribution is 7.99. The van der Waals surface area contributed by atoms with Gasteiger partial charge in [0.25, 0.3) is 0 Å². The second-order valence-electron chi connectivity index (χ2n) is 7.26. The van der Waals surface area contributed by atoms with E-state index in [-0.39, 0.29) is 11.7 Å². The van der Waals surface area contributed by atoms with Crippen molar-refractivity contribution in [1.29, 1.82) is 0 Å². The Balaban J connectivity index is 1.35. The molecule has 8 heteroatoms. The Kier molecular flexibility index (Phi) is 6.59. The first-order chi connectivity index (χ1) is 14.6. The molecule has 6 nitrogen and oxygen atoms in total. The number of carbonyl (C=O) groups excluding carboxylic acids is 1. The number of carbonyl (C=O) groups is 1. The number of nitrogens with one attached hydrogen (secondary N) is 1. The number of ether oxygens (including phenoxy) is 1. The van der Waals surface area contributed by atoms with Crippen LogP contribution in [0.2, 0.25) is 5.02 Å². The van der Waals surface area contributed by atoms with Crippen molar-refractivity contribution in [3.63, 3.8) is 0 Å². The Morgan fingerprint density at radius 2 is 1.97 bits per heavy atom. The van der Waals surface area contributed by atoms with Crippen LogP contribution in [0, 0.1) is 0 Å². The second kappa shape index (κ2) is 9.53. The molecule has 0 aliphatic heterocycles. The van der Waals surface area contributed by atoms with Gasteiger partial charge in [0.15, 0.2) is 11.0 Å². The van der Waals surface area contributed by atoms with Crippen LogP contribution in [0.1, 0.15) is 25.7 Å². The topological polar surface area (TPSA) is 69.0 Å². The zero-order valence-corrected chi connectivity index (χ0v) is 18.2. The number of rotatable bonds is 7. The zero-order chi connectivity index (χ0) is 20.9. The van der Waals surface area contributed by atoms with Gasteiger partial charge in [-0.1, -0.05) is 29.4 Å². The molecule has 1 fully saturated rings. The van der Waals surface area contributed by atoms with E-state index >= 15 is 0 Å². The van der Waals surface area contributed by atoms with Crippen LogP contribution in [-0.2, 0) is 11.8 Å². The van der Waals surface area contributed by atoms with E-state index < -0.39 is 0 Å². The molecular weight excluding hydrogens is 420 g/mol. The summed E-state index contributed by atoms with van der Waals surface area (Å²) in [7, 11) is 1.90. The van der Waals surface area contributed by atoms with Crippen molar-refractivity contribution in [2.45, 2.75) is 36.9 Å². The molecule has 0 saturated heterocycles. The van der Waals surface area contributed by atoms with Crippen molar-refractivity contribution in [3.05, 3.63) is 53.6 Å². The van der Waals surface area contributed by atoms with Gasteiger partial charge in [-0.3, -0.25) is 4.79 Å². The van der Waals surface area contributed by atoms with E-state index in [1.807, 2.05) is 35.9 Å². The van der Waals surface area contributed by atoms with Gasteiger partial charge in [-0.25, -0.2) is 0 Å². The van der Waals surface area contributed by atoms with Gasteiger partial charge >= 0.3 is 0 Å². The van der Waals surface area contributed by atoms with E-state index in [4.69, 9.17) is 16.3 Å². The van der Waals surface area contributed by atoms with Gasteiger partial charge in [-0.15, -0.1) is 10.2 Å². The van der Waals surface area contributed by atoms with Crippen LogP contribution >= 0.6 is 23.4 Å². The SMILES string of the molecule is Cn1c(SCC(=O)Nc2cccc(Cl)c2)nnc1-c1ccc(OC2CCCC2)cc1. The summed E-state index contributed by atoms with van der Waals surface area (Å²) in [4.78, 5) is 12.2. The Hall–Kier alpha value is -2.51. The van der Waals surface area contributed by atoms with Crippen molar-refractivity contribution >= 4 is 35.0 Å². The fourth-order valence-electron chi connectivity index (χ4n) is 3.47. The lowest BCUT2D eigenvalue weighted by Gasteiger charge is -2.13. The Bertz CT molecular complexity index is 1020. The molecule has 0 radical (unpaired) electrons. The first kappa shape index (κ1) is 20.8. The lowest BCUT2D eigenvalue weighted by atomic mass is 10.2. The second-order valence-corrected chi connectivity index (χ2v) is 8.64. The lowest BCUT2D eigenvalue weighted by molar-refractivity contribution is -0.113. The minimum Gasteiger partial charge on any atom is -0.490 e. The summed E-state index contributed by atoms with van der Waals surface area (Å²) in [5.74, 6) is 1.74. The summed E-state index contributed by atoms with van der Waals surface area (Å²) in [6, 6.07) is 15.0. The molecule has 1 saturated carbocycles. The molecule has 0 unspecified atom stereocenters. The molecule has 1 aliphatic carbocycles. The first-order valence-corrected chi connectivity index (χ1v) is 11.3. The smallest absolute Gasteiger partial charge is 0.234 e. The van der Waals surface area contributed by atoms with Gasteiger partial charge < -0.3 is 14.6 Å². The van der Waals surface area contributed by atoms with Gasteiger partial charge in [-0.2, -0.15) is 0 Å². The lowest BCUT2D eigenvalue weighted by Crippen LogP contribution is -2.14. The first-order valence-electron chi connectivity index (χ1n) is 9.93. The van der Waals surface area contributed by atoms with Crippen molar-refractivity contribution < 1.29 is 9.53 Å². The quantitative estimate of drug-likeness (QED) is 0.510. The summed E-state index contributed by atoms with van der Waals surface area (Å²) >= 11 is 7.29. The zero-order valence-electron chi connectivity index (χ0n) is 16.7. The average molecular weight is 443 g/mol. The Morgan fingerprint density at radius 3 is 2.70 bits per heavy atom. The summed E-state index contributed by atoms with van der Waals surface area (Å²) in [5, 5.41) is 12.6. The average Bonchev–Trinajstić information content (AvgIpc) is 3.37. The van der Waals surface area contributed by atoms with Crippen LogP contribution in [0.5, 0.6) is 5.75 Å². The van der Waals surface area contributed by atoms with Crippen LogP contribution in [0.4, 0.5) is 5.69 Å². The molecule has 1 aliphatic rings. The molecule has 0 bridgehead atoms. The van der Waals surface area contributed by atoms with Crippen molar-refractivity contribution in [2.24, 2.45) is 7.05 Å². The number of thioether (sulfide) groups is 1. The van der Waals surface area contributed by atoms with E-state index in [1.165, 1.54) is 24.6 Å². The predicted molar refractivity (Wildman–Crippen MR) is 120 cm³/mol. The summed E-state index contributed by atoms with van der Waals surface area (Å²) < 4.78 is 7.92. The third kappa shape index (κ3) is 5.15. The molecule has 156 valence electrons. The van der Waals surface area contributed by atoms with Gasteiger partial charge in [0.1, 0.15) is 5.75 Å². The van der Waals surface area contributed by atoms with E-state index in [0.717, 1.165) is 30.0 Å². The number of halogens is 1. The highest BCUT2D eigenvalue weighted by Crippen LogP contribution is 2.27. The van der Waals surface area contributed by atoms with Gasteiger partial charge in [-0.05, 0) is 68.1 Å². The maximum absolute atomic E-state index is 12.2. The van der Waals surface area contributed by atoms with Crippen molar-refractivity contribution in [2.75, 3.05) is 11.1 Å². The van der Waals surface area contributed by atoms with Crippen LogP contribution in [0.15, 0.2) is 53.7 Å². The number of aromatic nitrogens is 3. The largest absolute Gasteiger partial charge is 0.490 e. The number of benzene rings is 2. The predicted octanol–water partition coefficient (Wildman–Crippen LogP) is 5.19. The van der Waals surface area contributed by atoms with E-state index in [1.54, 1.807) is 24.3 Å². The molecule has 2 aromatic carbocycles. The Labute approximate surface area is 185 Å². The minimum absolute atomic E-state index is 0.125. The van der Waals surface area contributed by atoms with Crippen molar-refractivity contribution in [1.82, 2.24) is 14.8 Å². The molecule has 3 aromatic rings. The van der Waals surface area contributed by atoms with Gasteiger partial charge in [0.05, 0.1) is 11.9 Å². The molecule has 0 spiro atoms. The summed E-state index contributed by atoms with van der Waals surface area (Å²) in [6.07, 6.45) is 5.11. The fourth-order valence-corrected chi connectivity index (χ4v) is 4.37. The van der Waals surface area contributed by atoms with E-state index in [2.05, 4.69) is 15.5 Å². The third-order valence-electron chi connectivity index (χ3n) is 4.99. The molecule has 4 rings (SSSR count). The van der Waals surface area contributed by atoms with Crippen LogP contribution in [0.25, 0.3) is 11.4 Å². The number of hydrogen-bond acceptors (Lipinski definition) is 5. The number of anilines is 1. The van der Waals surface area contributed by atoms with E-state index in [0.29, 0.717) is 22.0 Å². The summed E-state index contributed by atoms with van der Waals surface area (Å²) in [6.45, 7) is 0. The van der Waals surface area contributed by atoms with Crippen LogP contribution in [0.3, 0.4) is 0 Å².